The smallest absolute Gasteiger partial charge is 0.306 e. The van der Waals surface area contributed by atoms with Crippen LogP contribution in [0.1, 0.15) is 144 Å². The Morgan fingerprint density at radius 3 is 0.972 bits per heavy atom. The average molecular weight is 1550 g/mol. The zero-order valence-corrected chi connectivity index (χ0v) is 67.6. The summed E-state index contributed by atoms with van der Waals surface area (Å²) in [4.78, 5) is 69.7. The number of carbonyl (C=O) groups excluding carboxylic acids is 4. The van der Waals surface area contributed by atoms with Gasteiger partial charge in [0.05, 0.1) is 79.0 Å². The lowest BCUT2D eigenvalue weighted by molar-refractivity contribution is -0.199. The topological polar surface area (TPSA) is 260 Å². The predicted molar refractivity (Wildman–Crippen MR) is 416 cm³/mol. The van der Waals surface area contributed by atoms with E-state index in [1.54, 1.807) is 79.7 Å². The fourth-order valence-electron chi connectivity index (χ4n) is 9.27. The number of hydrogen-bond donors (Lipinski definition) is 0. The number of nitrogens with zero attached hydrogens (tertiary/aromatic N) is 4. The molecule has 0 saturated carbocycles. The van der Waals surface area contributed by atoms with E-state index in [2.05, 4.69) is 38.1 Å². The molecule has 0 radical (unpaired) electrons. The first kappa shape index (κ1) is 93.1. The third-order valence-electron chi connectivity index (χ3n) is 14.4. The molecule has 0 fully saturated rings. The van der Waals surface area contributed by atoms with E-state index in [9.17, 15) is 37.4 Å². The van der Waals surface area contributed by atoms with Crippen LogP contribution in [-0.4, -0.2) is 123 Å². The highest BCUT2D eigenvalue weighted by molar-refractivity contribution is 7.58. The molecule has 4 amide bonds. The first-order chi connectivity index (χ1) is 50.7. The van der Waals surface area contributed by atoms with Crippen LogP contribution in [0, 0.1) is 0 Å². The molecule has 0 aliphatic carbocycles. The van der Waals surface area contributed by atoms with Crippen LogP contribution in [0.2, 0.25) is 0 Å². The van der Waals surface area contributed by atoms with Gasteiger partial charge in [-0.1, -0.05) is 184 Å². The Labute approximate surface area is 627 Å². The minimum Gasteiger partial charge on any atom is -0.306 e. The maximum absolute atomic E-state index is 12.4. The number of benzene rings is 6. The van der Waals surface area contributed by atoms with Crippen molar-refractivity contribution in [2.24, 2.45) is 0 Å². The standard InChI is InChI=1S/C22H28NO5P.C20H26NO5P.C19H30NO5P.C17H26NO5P/c1-4-27-29(25,28-5-2)17-9-16-23(19(3)24)26-18-20-12-14-22(15-13-20)21-10-7-6-8-11-21;1-4-25-27(23,26-5-2)14-8-13-21(17(3)22)24-16-18-11-12-19-9-6-7-10-20(19)15-18;1-6-24-26(22,25-7-2)14-8-13-20(17(5)21)23-15-18-9-11-19(12-10-18)16(3)4;1-5-21-24(20,22-6-2)14-10-13-18(16(4)19)23-15(3)17-11-8-7-9-12-17/h6-15,17H,4-5,16,18H2,1-3H3;6-12,14-15H,4-5,13,16H2,1-3H3;8-12,14,16H,6-7,13,15H2,1-5H3;7-12,14-15H,5-6,13H2,1-4H3/b17-9+;2*14-8+;14-10+. The van der Waals surface area contributed by atoms with Gasteiger partial charge in [0.2, 0.25) is 23.6 Å². The lowest BCUT2D eigenvalue weighted by Gasteiger charge is -2.23. The van der Waals surface area contributed by atoms with Crippen LogP contribution in [0.3, 0.4) is 0 Å². The first-order valence-electron chi connectivity index (χ1n) is 35.4. The minimum absolute atomic E-state index is 0.140. The second kappa shape index (κ2) is 51.2. The molecule has 24 nitrogen and oxygen atoms in total. The Morgan fingerprint density at radius 2 is 0.632 bits per heavy atom. The number of carbonyl (C=O) groups is 4. The van der Waals surface area contributed by atoms with Crippen LogP contribution in [0.4, 0.5) is 0 Å². The van der Waals surface area contributed by atoms with E-state index in [1.165, 1.54) is 76.8 Å². The molecule has 582 valence electrons. The molecular weight excluding hydrogens is 1440 g/mol. The number of hydroxylamine groups is 8. The van der Waals surface area contributed by atoms with E-state index in [0.29, 0.717) is 5.92 Å². The molecule has 0 aromatic heterocycles. The fraction of sp³-hybridized carbons (Fsp3) is 0.410. The van der Waals surface area contributed by atoms with E-state index >= 15 is 0 Å². The Kier molecular flexibility index (Phi) is 45.0. The molecule has 0 aliphatic heterocycles. The van der Waals surface area contributed by atoms with Gasteiger partial charge in [0.1, 0.15) is 25.9 Å². The molecule has 28 heteroatoms. The second-order valence-corrected chi connectivity index (χ2v) is 30.6. The van der Waals surface area contributed by atoms with E-state index in [1.807, 2.05) is 134 Å². The first-order valence-corrected chi connectivity index (χ1v) is 41.8. The molecule has 1 atom stereocenters. The van der Waals surface area contributed by atoms with Gasteiger partial charge in [0.25, 0.3) is 0 Å². The van der Waals surface area contributed by atoms with Crippen molar-refractivity contribution in [2.75, 3.05) is 79.0 Å². The normalized spacial score (nSPS) is 12.2. The Morgan fingerprint density at radius 1 is 0.340 bits per heavy atom. The molecule has 0 bridgehead atoms. The second-order valence-electron chi connectivity index (χ2n) is 23.0. The van der Waals surface area contributed by atoms with Gasteiger partial charge in [-0.2, -0.15) is 0 Å². The van der Waals surface area contributed by atoms with Crippen LogP contribution in [0.5, 0.6) is 0 Å². The average Bonchev–Trinajstić information content (AvgIpc) is 0.846. The molecule has 0 N–H and O–H groups in total. The van der Waals surface area contributed by atoms with E-state index in [0.717, 1.165) is 44.2 Å². The van der Waals surface area contributed by atoms with Crippen LogP contribution < -0.4 is 0 Å². The molecule has 6 rings (SSSR count). The Hall–Kier alpha value is -7.14. The highest BCUT2D eigenvalue weighted by atomic mass is 31.2. The summed E-state index contributed by atoms with van der Waals surface area (Å²) in [7, 11) is -13.1. The van der Waals surface area contributed by atoms with Gasteiger partial charge in [-0.15, -0.1) is 0 Å². The van der Waals surface area contributed by atoms with Gasteiger partial charge < -0.3 is 36.2 Å². The van der Waals surface area contributed by atoms with Gasteiger partial charge in [-0.05, 0) is 124 Å². The molecule has 6 aromatic rings. The Bertz CT molecular complexity index is 3820. The number of hydrogen-bond acceptors (Lipinski definition) is 20. The zero-order valence-electron chi connectivity index (χ0n) is 64.1. The summed E-state index contributed by atoms with van der Waals surface area (Å²) in [5.41, 5.74) is 7.34. The molecule has 6 aromatic carbocycles. The van der Waals surface area contributed by atoms with Gasteiger partial charge in [-0.25, -0.2) is 20.3 Å². The van der Waals surface area contributed by atoms with Crippen molar-refractivity contribution in [1.82, 2.24) is 20.3 Å². The molecular formula is C78H110N4O20P4. The summed E-state index contributed by atoms with van der Waals surface area (Å²) in [5, 5.41) is 7.13. The number of fused-ring (bicyclic) bond motifs is 1. The summed E-state index contributed by atoms with van der Waals surface area (Å²) in [6, 6.07) is 49.8. The maximum Gasteiger partial charge on any atom is 0.353 e. The van der Waals surface area contributed by atoms with E-state index in [4.69, 9.17) is 55.5 Å². The van der Waals surface area contributed by atoms with Crippen LogP contribution >= 0.6 is 30.4 Å². The molecule has 1 unspecified atom stereocenters. The van der Waals surface area contributed by atoms with E-state index < -0.39 is 30.4 Å². The summed E-state index contributed by atoms with van der Waals surface area (Å²) in [6.45, 7) is 29.3. The quantitative estimate of drug-likeness (QED) is 0.0255. The van der Waals surface area contributed by atoms with Crippen molar-refractivity contribution in [2.45, 2.75) is 136 Å². The van der Waals surface area contributed by atoms with Crippen molar-refractivity contribution in [3.63, 3.8) is 0 Å². The minimum atomic E-state index is -3.29. The summed E-state index contributed by atoms with van der Waals surface area (Å²) < 4.78 is 90.9. The van der Waals surface area contributed by atoms with Crippen LogP contribution in [0.25, 0.3) is 21.9 Å². The summed E-state index contributed by atoms with van der Waals surface area (Å²) in [5.74, 6) is 4.96. The third-order valence-corrected chi connectivity index (χ3v) is 21.6. The van der Waals surface area contributed by atoms with Gasteiger partial charge in [0.15, 0.2) is 0 Å². The predicted octanol–water partition coefficient (Wildman–Crippen LogP) is 19.5. The van der Waals surface area contributed by atoms with Gasteiger partial charge in [-0.3, -0.25) is 56.8 Å². The van der Waals surface area contributed by atoms with Crippen molar-refractivity contribution >= 4 is 64.8 Å². The SMILES string of the molecule is CCOP(=O)(/C=C/CN(OC(C)c1ccccc1)C(C)=O)OCC.CCOP(=O)(/C=C/CN(OCc1ccc(-c2ccccc2)cc1)C(C)=O)OCC.CCOP(=O)(/C=C/CN(OCc1ccc(C(C)C)cc1)C(C)=O)OCC.CCOP(=O)(/C=C/CN(OCc1ccc2ccccc2c1)C(C)=O)OCC. The highest BCUT2D eigenvalue weighted by Crippen LogP contribution is 2.52. The number of amides is 4. The molecule has 0 aliphatic rings. The highest BCUT2D eigenvalue weighted by Gasteiger charge is 2.24. The van der Waals surface area contributed by atoms with Gasteiger partial charge >= 0.3 is 30.4 Å². The van der Waals surface area contributed by atoms with Crippen molar-refractivity contribution < 1.29 is 93.0 Å². The monoisotopic (exact) mass is 1550 g/mol. The lowest BCUT2D eigenvalue weighted by atomic mass is 10.0. The Balaban J connectivity index is 0.000000368. The summed E-state index contributed by atoms with van der Waals surface area (Å²) >= 11 is 0. The maximum atomic E-state index is 12.4. The van der Waals surface area contributed by atoms with Gasteiger partial charge in [0, 0.05) is 51.0 Å². The van der Waals surface area contributed by atoms with E-state index in [-0.39, 0.29) is 129 Å². The molecule has 0 heterocycles. The van der Waals surface area contributed by atoms with Crippen molar-refractivity contribution in [1.29, 1.82) is 0 Å². The fourth-order valence-corrected chi connectivity index (χ4v) is 14.5. The largest absolute Gasteiger partial charge is 0.353 e. The summed E-state index contributed by atoms with van der Waals surface area (Å²) in [6.07, 6.45) is 5.97. The lowest BCUT2D eigenvalue weighted by Crippen LogP contribution is -2.30. The third kappa shape index (κ3) is 36.6. The molecule has 0 saturated heterocycles. The van der Waals surface area contributed by atoms with Crippen molar-refractivity contribution in [3.8, 4) is 11.1 Å². The molecule has 106 heavy (non-hydrogen) atoms. The zero-order chi connectivity index (χ0) is 78.4. The number of rotatable bonds is 42. The molecule has 0 spiro atoms. The van der Waals surface area contributed by atoms with Crippen LogP contribution in [0.15, 0.2) is 199 Å². The van der Waals surface area contributed by atoms with Crippen LogP contribution in [-0.2, 0) is 113 Å². The van der Waals surface area contributed by atoms with Crippen molar-refractivity contribution in [3.05, 3.63) is 227 Å².